The van der Waals surface area contributed by atoms with Crippen molar-refractivity contribution in [2.75, 3.05) is 6.54 Å². The van der Waals surface area contributed by atoms with Gasteiger partial charge in [-0.15, -0.1) is 0 Å². The maximum atomic E-state index is 12.8. The number of nitrogens with zero attached hydrogens (tertiary/aromatic N) is 1. The fraction of sp³-hybridized carbons (Fsp3) is 0.176. The van der Waals surface area contributed by atoms with Gasteiger partial charge in [0.25, 0.3) is 0 Å². The van der Waals surface area contributed by atoms with Gasteiger partial charge in [-0.25, -0.2) is 8.42 Å². The summed E-state index contributed by atoms with van der Waals surface area (Å²) in [5, 5.41) is 1.08. The number of sulfonamides is 1. The van der Waals surface area contributed by atoms with E-state index in [-0.39, 0.29) is 0 Å². The molecule has 0 fully saturated rings. The van der Waals surface area contributed by atoms with Crippen LogP contribution in [0, 0.1) is 0 Å². The Bertz CT molecular complexity index is 981. The van der Waals surface area contributed by atoms with Gasteiger partial charge in [0.2, 0.25) is 10.0 Å². The number of hydrogen-bond donors (Lipinski definition) is 1. The molecule has 1 aliphatic heterocycles. The lowest BCUT2D eigenvalue weighted by molar-refractivity contribution is 0.391. The second kappa shape index (κ2) is 5.47. The van der Waals surface area contributed by atoms with Crippen LogP contribution >= 0.6 is 15.9 Å². The molecule has 0 saturated heterocycles. The standard InChI is InChI=1S/C17H15BrN2O2S/c18-14-7-4-8-16-17(14)13-11-20(10-9-15(13)19-16)23(21,22)12-5-2-1-3-6-12/h1-8,19H,9-11H2. The fourth-order valence-electron chi connectivity index (χ4n) is 3.15. The van der Waals surface area contributed by atoms with Crippen LogP contribution in [-0.4, -0.2) is 24.3 Å². The minimum Gasteiger partial charge on any atom is -0.358 e. The SMILES string of the molecule is O=S(=O)(c1ccccc1)N1CCc2[nH]c3cccc(Br)c3c2C1. The van der Waals surface area contributed by atoms with E-state index in [0.29, 0.717) is 24.4 Å². The van der Waals surface area contributed by atoms with E-state index in [4.69, 9.17) is 0 Å². The Kier molecular flexibility index (Phi) is 3.55. The van der Waals surface area contributed by atoms with Gasteiger partial charge in [-0.3, -0.25) is 0 Å². The predicted octanol–water partition coefficient (Wildman–Crippen LogP) is 3.68. The van der Waals surface area contributed by atoms with Crippen LogP contribution in [0.1, 0.15) is 11.3 Å². The summed E-state index contributed by atoms with van der Waals surface area (Å²) >= 11 is 3.58. The molecule has 1 N–H and O–H groups in total. The first kappa shape index (κ1) is 14.9. The van der Waals surface area contributed by atoms with Gasteiger partial charge in [0.15, 0.2) is 0 Å². The molecule has 3 aromatic rings. The van der Waals surface area contributed by atoms with Gasteiger partial charge < -0.3 is 4.98 Å². The number of aromatic nitrogens is 1. The highest BCUT2D eigenvalue weighted by atomic mass is 79.9. The lowest BCUT2D eigenvalue weighted by Crippen LogP contribution is -2.35. The van der Waals surface area contributed by atoms with Crippen molar-refractivity contribution >= 4 is 36.9 Å². The topological polar surface area (TPSA) is 53.2 Å². The minimum absolute atomic E-state index is 0.349. The highest BCUT2D eigenvalue weighted by Crippen LogP contribution is 2.34. The predicted molar refractivity (Wildman–Crippen MR) is 93.7 cm³/mol. The largest absolute Gasteiger partial charge is 0.358 e. The van der Waals surface area contributed by atoms with Crippen molar-refractivity contribution in [2.45, 2.75) is 17.9 Å². The maximum Gasteiger partial charge on any atom is 0.243 e. The number of rotatable bonds is 2. The van der Waals surface area contributed by atoms with Crippen molar-refractivity contribution in [3.05, 3.63) is 64.3 Å². The van der Waals surface area contributed by atoms with E-state index in [1.807, 2.05) is 24.3 Å². The Morgan fingerprint density at radius 2 is 1.83 bits per heavy atom. The Morgan fingerprint density at radius 1 is 1.04 bits per heavy atom. The van der Waals surface area contributed by atoms with Gasteiger partial charge >= 0.3 is 0 Å². The van der Waals surface area contributed by atoms with Gasteiger partial charge in [-0.1, -0.05) is 40.2 Å². The lowest BCUT2D eigenvalue weighted by Gasteiger charge is -2.26. The minimum atomic E-state index is -3.46. The molecular weight excluding hydrogens is 376 g/mol. The van der Waals surface area contributed by atoms with Gasteiger partial charge in [0, 0.05) is 40.6 Å². The monoisotopic (exact) mass is 390 g/mol. The van der Waals surface area contributed by atoms with E-state index in [1.165, 1.54) is 0 Å². The first-order chi connectivity index (χ1) is 11.1. The summed E-state index contributed by atoms with van der Waals surface area (Å²) in [5.74, 6) is 0. The molecule has 6 heteroatoms. The van der Waals surface area contributed by atoms with Crippen molar-refractivity contribution in [2.24, 2.45) is 0 Å². The molecule has 118 valence electrons. The summed E-state index contributed by atoms with van der Waals surface area (Å²) in [6.07, 6.45) is 0.697. The van der Waals surface area contributed by atoms with E-state index in [2.05, 4.69) is 20.9 Å². The van der Waals surface area contributed by atoms with Crippen molar-refractivity contribution < 1.29 is 8.42 Å². The third kappa shape index (κ3) is 2.41. The highest BCUT2D eigenvalue weighted by molar-refractivity contribution is 9.10. The van der Waals surface area contributed by atoms with Crippen LogP contribution in [0.3, 0.4) is 0 Å². The van der Waals surface area contributed by atoms with Crippen LogP contribution in [-0.2, 0) is 23.0 Å². The zero-order valence-electron chi connectivity index (χ0n) is 12.3. The molecule has 1 aromatic heterocycles. The summed E-state index contributed by atoms with van der Waals surface area (Å²) in [7, 11) is -3.46. The van der Waals surface area contributed by atoms with Crippen LogP contribution in [0.2, 0.25) is 0 Å². The molecule has 0 radical (unpaired) electrons. The zero-order valence-corrected chi connectivity index (χ0v) is 14.7. The van der Waals surface area contributed by atoms with Gasteiger partial charge in [0.05, 0.1) is 4.90 Å². The molecule has 1 aliphatic rings. The third-order valence-corrected chi connectivity index (χ3v) is 6.81. The van der Waals surface area contributed by atoms with E-state index in [1.54, 1.807) is 28.6 Å². The number of aromatic amines is 1. The van der Waals surface area contributed by atoms with Crippen molar-refractivity contribution in [1.82, 2.24) is 9.29 Å². The molecule has 0 amide bonds. The molecule has 0 aliphatic carbocycles. The third-order valence-electron chi connectivity index (χ3n) is 4.29. The number of halogens is 1. The number of hydrogen-bond acceptors (Lipinski definition) is 2. The van der Waals surface area contributed by atoms with Crippen molar-refractivity contribution in [3.8, 4) is 0 Å². The maximum absolute atomic E-state index is 12.8. The molecule has 0 saturated carbocycles. The molecule has 4 rings (SSSR count). The quantitative estimate of drug-likeness (QED) is 0.725. The summed E-state index contributed by atoms with van der Waals surface area (Å²) in [5.41, 5.74) is 3.24. The van der Waals surface area contributed by atoms with E-state index >= 15 is 0 Å². The Labute approximate surface area is 143 Å². The van der Waals surface area contributed by atoms with Crippen LogP contribution in [0.25, 0.3) is 10.9 Å². The Morgan fingerprint density at radius 3 is 2.61 bits per heavy atom. The lowest BCUT2D eigenvalue weighted by atomic mass is 10.1. The average Bonchev–Trinajstić information content (AvgIpc) is 2.94. The van der Waals surface area contributed by atoms with E-state index < -0.39 is 10.0 Å². The molecule has 2 heterocycles. The number of nitrogens with one attached hydrogen (secondary N) is 1. The van der Waals surface area contributed by atoms with Crippen LogP contribution < -0.4 is 0 Å². The molecule has 0 atom stereocenters. The van der Waals surface area contributed by atoms with Crippen LogP contribution in [0.5, 0.6) is 0 Å². The summed E-state index contributed by atoms with van der Waals surface area (Å²) in [6, 6.07) is 14.6. The zero-order chi connectivity index (χ0) is 16.0. The van der Waals surface area contributed by atoms with Crippen LogP contribution in [0.4, 0.5) is 0 Å². The van der Waals surface area contributed by atoms with Crippen LogP contribution in [0.15, 0.2) is 57.9 Å². The molecule has 23 heavy (non-hydrogen) atoms. The van der Waals surface area contributed by atoms with E-state index in [9.17, 15) is 8.42 Å². The molecule has 0 unspecified atom stereocenters. The van der Waals surface area contributed by atoms with Crippen molar-refractivity contribution in [1.29, 1.82) is 0 Å². The number of benzene rings is 2. The Hall–Kier alpha value is -1.63. The second-order valence-corrected chi connectivity index (χ2v) is 8.44. The molecular formula is C17H15BrN2O2S. The molecule has 2 aromatic carbocycles. The van der Waals surface area contributed by atoms with Gasteiger partial charge in [0.1, 0.15) is 0 Å². The summed E-state index contributed by atoms with van der Waals surface area (Å²) in [6.45, 7) is 0.893. The highest BCUT2D eigenvalue weighted by Gasteiger charge is 2.30. The normalized spacial score (nSPS) is 15.7. The smallest absolute Gasteiger partial charge is 0.243 e. The Balaban J connectivity index is 1.78. The molecule has 0 bridgehead atoms. The fourth-order valence-corrected chi connectivity index (χ4v) is 5.19. The summed E-state index contributed by atoms with van der Waals surface area (Å²) < 4.78 is 28.2. The first-order valence-corrected chi connectivity index (χ1v) is 9.64. The summed E-state index contributed by atoms with van der Waals surface area (Å²) in [4.78, 5) is 3.77. The average molecular weight is 391 g/mol. The number of fused-ring (bicyclic) bond motifs is 3. The molecule has 4 nitrogen and oxygen atoms in total. The second-order valence-electron chi connectivity index (χ2n) is 5.65. The van der Waals surface area contributed by atoms with Crippen molar-refractivity contribution in [3.63, 3.8) is 0 Å². The van der Waals surface area contributed by atoms with E-state index in [0.717, 1.165) is 26.6 Å². The molecule has 0 spiro atoms. The van der Waals surface area contributed by atoms with Gasteiger partial charge in [-0.2, -0.15) is 4.31 Å². The van der Waals surface area contributed by atoms with Gasteiger partial charge in [-0.05, 0) is 29.8 Å². The number of H-pyrrole nitrogens is 1. The first-order valence-electron chi connectivity index (χ1n) is 7.40.